The van der Waals surface area contributed by atoms with Gasteiger partial charge in [-0.25, -0.2) is 0 Å². The molecule has 29 heavy (non-hydrogen) atoms. The van der Waals surface area contributed by atoms with Gasteiger partial charge >= 0.3 is 0 Å². The zero-order valence-corrected chi connectivity index (χ0v) is 18.6. The van der Waals surface area contributed by atoms with Crippen LogP contribution in [-0.2, 0) is 15.3 Å². The highest BCUT2D eigenvalue weighted by Crippen LogP contribution is 2.21. The van der Waals surface area contributed by atoms with E-state index < -0.39 is 0 Å². The minimum atomic E-state index is -0.117. The van der Waals surface area contributed by atoms with Gasteiger partial charge in [0.1, 0.15) is 0 Å². The summed E-state index contributed by atoms with van der Waals surface area (Å²) in [6, 6.07) is 14.4. The summed E-state index contributed by atoms with van der Waals surface area (Å²) in [5.74, 6) is 1.61. The van der Waals surface area contributed by atoms with Crippen LogP contribution in [0.2, 0.25) is 0 Å². The summed E-state index contributed by atoms with van der Waals surface area (Å²) in [7, 11) is 1.78. The number of carbonyl (C=O) groups is 2. The number of rotatable bonds is 10. The molecule has 0 aliphatic carbocycles. The van der Waals surface area contributed by atoms with Crippen molar-refractivity contribution in [2.24, 2.45) is 0 Å². The lowest BCUT2D eigenvalue weighted by atomic mass is 10.1. The van der Waals surface area contributed by atoms with Gasteiger partial charge in [0, 0.05) is 23.7 Å². The number of carbonyl (C=O) groups excluding carboxylic acids is 2. The molecule has 0 radical (unpaired) electrons. The van der Waals surface area contributed by atoms with Gasteiger partial charge < -0.3 is 10.6 Å². The lowest BCUT2D eigenvalue weighted by molar-refractivity contribution is -0.122. The van der Waals surface area contributed by atoms with Crippen molar-refractivity contribution in [3.8, 4) is 0 Å². The summed E-state index contributed by atoms with van der Waals surface area (Å²) < 4.78 is 0. The number of likely N-dealkylation sites (N-methyl/N-ethyl adjacent to an activating group) is 1. The number of amides is 2. The molecule has 0 saturated carbocycles. The predicted molar refractivity (Wildman–Crippen MR) is 122 cm³/mol. The van der Waals surface area contributed by atoms with E-state index in [0.29, 0.717) is 6.54 Å². The summed E-state index contributed by atoms with van der Waals surface area (Å²) in [4.78, 5) is 26.1. The lowest BCUT2D eigenvalue weighted by Crippen LogP contribution is -2.39. The van der Waals surface area contributed by atoms with Gasteiger partial charge in [-0.2, -0.15) is 11.8 Å². The van der Waals surface area contributed by atoms with Crippen LogP contribution in [0.25, 0.3) is 0 Å². The van der Waals surface area contributed by atoms with Crippen LogP contribution in [0.4, 0.5) is 5.69 Å². The number of hydrogen-bond acceptors (Lipinski definition) is 4. The van der Waals surface area contributed by atoms with E-state index in [2.05, 4.69) is 34.9 Å². The Kier molecular flexibility index (Phi) is 9.22. The molecular weight excluding hydrogens is 382 g/mol. The topological polar surface area (TPSA) is 61.4 Å². The third kappa shape index (κ3) is 8.30. The number of hydrogen-bond donors (Lipinski definition) is 2. The van der Waals surface area contributed by atoms with Crippen molar-refractivity contribution < 1.29 is 9.59 Å². The van der Waals surface area contributed by atoms with Crippen LogP contribution in [0, 0.1) is 20.8 Å². The van der Waals surface area contributed by atoms with Crippen molar-refractivity contribution in [3.05, 3.63) is 64.7 Å². The zero-order chi connectivity index (χ0) is 21.2. The minimum Gasteiger partial charge on any atom is -0.354 e. The van der Waals surface area contributed by atoms with Crippen molar-refractivity contribution in [1.29, 1.82) is 0 Å². The second-order valence-electron chi connectivity index (χ2n) is 7.38. The Labute approximate surface area is 178 Å². The molecule has 2 rings (SSSR count). The molecule has 6 heteroatoms. The Morgan fingerprint density at radius 2 is 1.59 bits per heavy atom. The molecule has 2 aromatic carbocycles. The first kappa shape index (κ1) is 23.0. The van der Waals surface area contributed by atoms with Gasteiger partial charge in [0.05, 0.1) is 13.1 Å². The van der Waals surface area contributed by atoms with Gasteiger partial charge in [0.25, 0.3) is 0 Å². The van der Waals surface area contributed by atoms with E-state index in [1.54, 1.807) is 23.7 Å². The van der Waals surface area contributed by atoms with E-state index in [-0.39, 0.29) is 24.9 Å². The molecule has 0 saturated heterocycles. The van der Waals surface area contributed by atoms with E-state index in [1.807, 2.05) is 39.0 Å². The fraction of sp³-hybridized carbons (Fsp3) is 0.391. The van der Waals surface area contributed by atoms with Crippen molar-refractivity contribution in [1.82, 2.24) is 10.2 Å². The first-order valence-electron chi connectivity index (χ1n) is 9.79. The fourth-order valence-electron chi connectivity index (χ4n) is 3.19. The molecule has 5 nitrogen and oxygen atoms in total. The lowest BCUT2D eigenvalue weighted by Gasteiger charge is -2.18. The van der Waals surface area contributed by atoms with Crippen LogP contribution in [0.5, 0.6) is 0 Å². The van der Waals surface area contributed by atoms with Crippen molar-refractivity contribution in [2.45, 2.75) is 26.5 Å². The van der Waals surface area contributed by atoms with Crippen LogP contribution < -0.4 is 10.6 Å². The van der Waals surface area contributed by atoms with E-state index in [0.717, 1.165) is 28.3 Å². The maximum absolute atomic E-state index is 12.3. The highest BCUT2D eigenvalue weighted by Gasteiger charge is 2.13. The highest BCUT2D eigenvalue weighted by molar-refractivity contribution is 7.98. The average molecular weight is 414 g/mol. The summed E-state index contributed by atoms with van der Waals surface area (Å²) in [6.45, 7) is 7.01. The number of thioether (sulfide) groups is 1. The Bertz CT molecular complexity index is 801. The van der Waals surface area contributed by atoms with Gasteiger partial charge in [0.15, 0.2) is 0 Å². The predicted octanol–water partition coefficient (Wildman–Crippen LogP) is 3.53. The number of nitrogens with one attached hydrogen (secondary N) is 2. The van der Waals surface area contributed by atoms with Gasteiger partial charge in [-0.05, 0) is 44.5 Å². The van der Waals surface area contributed by atoms with Crippen molar-refractivity contribution in [3.63, 3.8) is 0 Å². The van der Waals surface area contributed by atoms with Gasteiger partial charge in [-0.3, -0.25) is 14.5 Å². The average Bonchev–Trinajstić information content (AvgIpc) is 2.65. The van der Waals surface area contributed by atoms with Gasteiger partial charge in [0.2, 0.25) is 11.8 Å². The van der Waals surface area contributed by atoms with Crippen LogP contribution in [-0.4, -0.2) is 49.1 Å². The molecule has 0 aromatic heterocycles. The SMILES string of the molecule is Cc1cc(C)c(NC(=O)CN(C)CC(=O)NCCSCc2ccccc2)c(C)c1. The van der Waals surface area contributed by atoms with Crippen LogP contribution in [0.1, 0.15) is 22.3 Å². The number of nitrogens with zero attached hydrogens (tertiary/aromatic N) is 1. The van der Waals surface area contributed by atoms with E-state index >= 15 is 0 Å². The molecule has 0 unspecified atom stereocenters. The number of anilines is 1. The molecule has 2 amide bonds. The molecule has 2 aromatic rings. The fourth-order valence-corrected chi connectivity index (χ4v) is 4.00. The van der Waals surface area contributed by atoms with Gasteiger partial charge in [-0.15, -0.1) is 0 Å². The standard InChI is InChI=1S/C23H31N3O2S/c1-17-12-18(2)23(19(3)13-17)25-22(28)15-26(4)14-21(27)24-10-11-29-16-20-8-6-5-7-9-20/h5-9,12-13H,10-11,14-16H2,1-4H3,(H,24,27)(H,25,28). The Morgan fingerprint density at radius 1 is 0.966 bits per heavy atom. The molecule has 0 heterocycles. The first-order valence-corrected chi connectivity index (χ1v) is 10.9. The van der Waals surface area contributed by atoms with Crippen LogP contribution >= 0.6 is 11.8 Å². The van der Waals surface area contributed by atoms with Gasteiger partial charge in [-0.1, -0.05) is 48.0 Å². The second-order valence-corrected chi connectivity index (χ2v) is 8.49. The number of aryl methyl sites for hydroxylation is 3. The van der Waals surface area contributed by atoms with E-state index in [1.165, 1.54) is 11.1 Å². The smallest absolute Gasteiger partial charge is 0.238 e. The third-order valence-corrected chi connectivity index (χ3v) is 5.48. The van der Waals surface area contributed by atoms with E-state index in [9.17, 15) is 9.59 Å². The third-order valence-electron chi connectivity index (χ3n) is 4.45. The molecule has 2 N–H and O–H groups in total. The molecule has 0 aliphatic rings. The summed E-state index contributed by atoms with van der Waals surface area (Å²) in [5.41, 5.74) is 5.41. The van der Waals surface area contributed by atoms with Crippen molar-refractivity contribution in [2.75, 3.05) is 37.8 Å². The molecular formula is C23H31N3O2S. The van der Waals surface area contributed by atoms with Crippen LogP contribution in [0.3, 0.4) is 0 Å². The summed E-state index contributed by atoms with van der Waals surface area (Å²) >= 11 is 1.79. The zero-order valence-electron chi connectivity index (χ0n) is 17.7. The second kappa shape index (κ2) is 11.6. The Morgan fingerprint density at radius 3 is 2.24 bits per heavy atom. The number of benzene rings is 2. The first-order chi connectivity index (χ1) is 13.8. The molecule has 0 aliphatic heterocycles. The minimum absolute atomic E-state index is 0.0664. The van der Waals surface area contributed by atoms with E-state index in [4.69, 9.17) is 0 Å². The largest absolute Gasteiger partial charge is 0.354 e. The Hall–Kier alpha value is -2.31. The maximum Gasteiger partial charge on any atom is 0.238 e. The maximum atomic E-state index is 12.3. The van der Waals surface area contributed by atoms with Crippen LogP contribution in [0.15, 0.2) is 42.5 Å². The Balaban J connectivity index is 1.65. The molecule has 0 bridgehead atoms. The molecule has 0 spiro atoms. The quantitative estimate of drug-likeness (QED) is 0.585. The molecule has 0 fully saturated rings. The van der Waals surface area contributed by atoms with Crippen molar-refractivity contribution >= 4 is 29.3 Å². The molecule has 0 atom stereocenters. The highest BCUT2D eigenvalue weighted by atomic mass is 32.2. The normalized spacial score (nSPS) is 10.8. The summed E-state index contributed by atoms with van der Waals surface area (Å²) in [6.07, 6.45) is 0. The molecule has 156 valence electrons. The summed E-state index contributed by atoms with van der Waals surface area (Å²) in [5, 5.41) is 5.88. The monoisotopic (exact) mass is 413 g/mol.